The minimum Gasteiger partial charge on any atom is -0.351 e. The number of anilines is 2. The molecule has 33 heavy (non-hydrogen) atoms. The Bertz CT molecular complexity index is 966. The second-order valence-corrected chi connectivity index (χ2v) is 10.8. The summed E-state index contributed by atoms with van der Waals surface area (Å²) in [6.45, 7) is 6.47. The summed E-state index contributed by atoms with van der Waals surface area (Å²) in [6, 6.07) is 11.2. The lowest BCUT2D eigenvalue weighted by molar-refractivity contribution is -0.120. The summed E-state index contributed by atoms with van der Waals surface area (Å²) in [6.07, 6.45) is 10.1. The molecule has 2 aliphatic heterocycles. The zero-order chi connectivity index (χ0) is 22.8. The van der Waals surface area contributed by atoms with Crippen LogP contribution in [0.1, 0.15) is 70.8 Å². The average molecular weight is 466 g/mol. The summed E-state index contributed by atoms with van der Waals surface area (Å²) in [5.74, 6) is 1.81. The number of carbonyl (C=O) groups is 1. The van der Waals surface area contributed by atoms with Crippen LogP contribution in [0.4, 0.5) is 11.8 Å². The third-order valence-electron chi connectivity index (χ3n) is 7.26. The molecule has 0 atom stereocenters. The number of piperidine rings is 1. The summed E-state index contributed by atoms with van der Waals surface area (Å²) in [5.41, 5.74) is 0.734. The third kappa shape index (κ3) is 4.50. The van der Waals surface area contributed by atoms with E-state index in [1.165, 1.54) is 4.90 Å². The molecule has 1 amide bonds. The molecule has 0 unspecified atom stereocenters. The number of rotatable bonds is 9. The molecule has 1 aromatic heterocycles. The highest BCUT2D eigenvalue weighted by Gasteiger charge is 2.61. The van der Waals surface area contributed by atoms with Gasteiger partial charge in [-0.1, -0.05) is 44.9 Å². The van der Waals surface area contributed by atoms with Gasteiger partial charge in [-0.25, -0.2) is 9.29 Å². The van der Waals surface area contributed by atoms with Gasteiger partial charge in [0, 0.05) is 41.8 Å². The van der Waals surface area contributed by atoms with Gasteiger partial charge in [-0.05, 0) is 62.6 Å². The van der Waals surface area contributed by atoms with Gasteiger partial charge in [0.25, 0.3) is 0 Å². The van der Waals surface area contributed by atoms with Crippen molar-refractivity contribution >= 4 is 29.6 Å². The molecule has 0 bridgehead atoms. The number of benzene rings is 1. The van der Waals surface area contributed by atoms with E-state index in [0.717, 1.165) is 75.8 Å². The molecule has 3 aliphatic rings. The average Bonchev–Trinajstić information content (AvgIpc) is 3.59. The Morgan fingerprint density at radius 3 is 2.45 bits per heavy atom. The first-order valence-corrected chi connectivity index (χ1v) is 13.4. The Balaban J connectivity index is 1.27. The topological polar surface area (TPSA) is 61.4 Å². The van der Waals surface area contributed by atoms with Crippen molar-refractivity contribution in [1.29, 1.82) is 0 Å². The molecule has 6 nitrogen and oxygen atoms in total. The van der Waals surface area contributed by atoms with Crippen LogP contribution in [0.3, 0.4) is 0 Å². The standard InChI is InChI=1S/C26H35N5OS/c1-3-8-20(9-4-2)31-23-22(26(14-15-26)24(31)32)18-27-25(29-23)28-19-12-16-30(17-13-19)33-21-10-6-5-7-11-21/h5-7,10-11,18-20H,3-4,8-9,12-17H2,1-2H3,(H,27,28,29). The highest BCUT2D eigenvalue weighted by Crippen LogP contribution is 2.57. The maximum atomic E-state index is 13.5. The van der Waals surface area contributed by atoms with Crippen molar-refractivity contribution in [2.75, 3.05) is 23.3 Å². The Morgan fingerprint density at radius 2 is 1.82 bits per heavy atom. The molecule has 1 aromatic carbocycles. The van der Waals surface area contributed by atoms with E-state index in [0.29, 0.717) is 12.0 Å². The number of aromatic nitrogens is 2. The van der Waals surface area contributed by atoms with Crippen LogP contribution in [0.15, 0.2) is 41.4 Å². The van der Waals surface area contributed by atoms with Crippen molar-refractivity contribution < 1.29 is 4.79 Å². The van der Waals surface area contributed by atoms with E-state index in [2.05, 4.69) is 58.8 Å². The normalized spacial score (nSPS) is 20.0. The van der Waals surface area contributed by atoms with Crippen LogP contribution in [0.5, 0.6) is 0 Å². The fraction of sp³-hybridized carbons (Fsp3) is 0.577. The lowest BCUT2D eigenvalue weighted by Crippen LogP contribution is -2.41. The van der Waals surface area contributed by atoms with Crippen LogP contribution in [0, 0.1) is 0 Å². The Labute approximate surface area is 201 Å². The predicted octanol–water partition coefficient (Wildman–Crippen LogP) is 5.41. The zero-order valence-corrected chi connectivity index (χ0v) is 20.6. The SMILES string of the molecule is CCCC(CCC)N1C(=O)C2(CC2)c2cnc(NC3CCN(Sc4ccccc4)CC3)nc21. The van der Waals surface area contributed by atoms with Crippen LogP contribution < -0.4 is 10.2 Å². The van der Waals surface area contributed by atoms with Gasteiger partial charge in [-0.2, -0.15) is 4.98 Å². The lowest BCUT2D eigenvalue weighted by atomic mass is 10.0. The van der Waals surface area contributed by atoms with Gasteiger partial charge in [0.1, 0.15) is 5.82 Å². The molecular formula is C26H35N5OS. The molecule has 176 valence electrons. The van der Waals surface area contributed by atoms with Crippen molar-refractivity contribution in [2.24, 2.45) is 0 Å². The van der Waals surface area contributed by atoms with Gasteiger partial charge in [-0.15, -0.1) is 0 Å². The van der Waals surface area contributed by atoms with Gasteiger partial charge in [0.2, 0.25) is 11.9 Å². The summed E-state index contributed by atoms with van der Waals surface area (Å²) in [4.78, 5) is 26.4. The van der Waals surface area contributed by atoms with Crippen molar-refractivity contribution in [1.82, 2.24) is 14.3 Å². The Morgan fingerprint density at radius 1 is 1.12 bits per heavy atom. The molecular weight excluding hydrogens is 430 g/mol. The first kappa shape index (κ1) is 22.7. The molecule has 5 rings (SSSR count). The molecule has 2 aromatic rings. The van der Waals surface area contributed by atoms with Gasteiger partial charge >= 0.3 is 0 Å². The van der Waals surface area contributed by atoms with Crippen LogP contribution in [0.2, 0.25) is 0 Å². The molecule has 1 spiro atoms. The fourth-order valence-electron chi connectivity index (χ4n) is 5.33. The van der Waals surface area contributed by atoms with Crippen LogP contribution in [-0.2, 0) is 10.2 Å². The largest absolute Gasteiger partial charge is 0.351 e. The first-order valence-electron chi connectivity index (χ1n) is 12.6. The van der Waals surface area contributed by atoms with E-state index in [1.54, 1.807) is 0 Å². The molecule has 2 fully saturated rings. The number of nitrogens with zero attached hydrogens (tertiary/aromatic N) is 4. The van der Waals surface area contributed by atoms with Crippen LogP contribution in [-0.4, -0.2) is 45.4 Å². The second kappa shape index (κ2) is 9.63. The quantitative estimate of drug-likeness (QED) is 0.500. The van der Waals surface area contributed by atoms with Crippen molar-refractivity contribution in [3.8, 4) is 0 Å². The van der Waals surface area contributed by atoms with Crippen molar-refractivity contribution in [2.45, 2.75) is 87.6 Å². The summed E-state index contributed by atoms with van der Waals surface area (Å²) >= 11 is 1.84. The molecule has 1 N–H and O–H groups in total. The number of hydrogen-bond donors (Lipinski definition) is 1. The van der Waals surface area contributed by atoms with E-state index in [1.807, 2.05) is 23.0 Å². The number of hydrogen-bond acceptors (Lipinski definition) is 6. The van der Waals surface area contributed by atoms with E-state index in [-0.39, 0.29) is 17.4 Å². The molecule has 1 saturated heterocycles. The van der Waals surface area contributed by atoms with Crippen LogP contribution >= 0.6 is 11.9 Å². The monoisotopic (exact) mass is 465 g/mol. The molecule has 1 aliphatic carbocycles. The lowest BCUT2D eigenvalue weighted by Gasteiger charge is -2.31. The minimum absolute atomic E-state index is 0.243. The summed E-state index contributed by atoms with van der Waals surface area (Å²) in [5, 5.41) is 3.58. The minimum atomic E-state index is -0.326. The highest BCUT2D eigenvalue weighted by molar-refractivity contribution is 7.97. The van der Waals surface area contributed by atoms with E-state index in [9.17, 15) is 4.79 Å². The number of carbonyl (C=O) groups excluding carboxylic acids is 1. The number of amides is 1. The second-order valence-electron chi connectivity index (χ2n) is 9.67. The molecule has 7 heteroatoms. The Hall–Kier alpha value is -2.12. The fourth-order valence-corrected chi connectivity index (χ4v) is 6.30. The number of fused-ring (bicyclic) bond motifs is 2. The smallest absolute Gasteiger partial charge is 0.239 e. The zero-order valence-electron chi connectivity index (χ0n) is 19.8. The molecule has 3 heterocycles. The van der Waals surface area contributed by atoms with E-state index < -0.39 is 0 Å². The van der Waals surface area contributed by atoms with Crippen molar-refractivity contribution in [3.05, 3.63) is 42.1 Å². The van der Waals surface area contributed by atoms with Gasteiger partial charge in [-0.3, -0.25) is 9.69 Å². The van der Waals surface area contributed by atoms with Crippen LogP contribution in [0.25, 0.3) is 0 Å². The van der Waals surface area contributed by atoms with Gasteiger partial charge in [0.15, 0.2) is 0 Å². The maximum Gasteiger partial charge on any atom is 0.239 e. The Kier molecular flexibility index (Phi) is 6.61. The van der Waals surface area contributed by atoms with E-state index in [4.69, 9.17) is 4.98 Å². The van der Waals surface area contributed by atoms with Crippen molar-refractivity contribution in [3.63, 3.8) is 0 Å². The van der Waals surface area contributed by atoms with E-state index >= 15 is 0 Å². The predicted molar refractivity (Wildman–Crippen MR) is 135 cm³/mol. The summed E-state index contributed by atoms with van der Waals surface area (Å²) in [7, 11) is 0. The number of nitrogens with one attached hydrogen (secondary N) is 1. The van der Waals surface area contributed by atoms with Gasteiger partial charge in [0.05, 0.1) is 5.41 Å². The third-order valence-corrected chi connectivity index (χ3v) is 8.37. The molecule has 0 radical (unpaired) electrons. The molecule has 1 saturated carbocycles. The highest BCUT2D eigenvalue weighted by atomic mass is 32.2. The maximum absolute atomic E-state index is 13.5. The summed E-state index contributed by atoms with van der Waals surface area (Å²) < 4.78 is 2.44. The van der Waals surface area contributed by atoms with Gasteiger partial charge < -0.3 is 5.32 Å². The first-order chi connectivity index (χ1) is 16.1.